The highest BCUT2D eigenvalue weighted by Crippen LogP contribution is 2.10. The predicted octanol–water partition coefficient (Wildman–Crippen LogP) is 0.785. The molecular formula is C12H20N2O3S. The van der Waals surface area contributed by atoms with Gasteiger partial charge in [0.2, 0.25) is 5.88 Å². The molecule has 0 aliphatic rings. The summed E-state index contributed by atoms with van der Waals surface area (Å²) in [6, 6.07) is 3.67. The van der Waals surface area contributed by atoms with Crippen LogP contribution in [-0.2, 0) is 16.3 Å². The van der Waals surface area contributed by atoms with Gasteiger partial charge in [-0.25, -0.2) is 13.4 Å². The number of nitrogens with zero attached hydrogens (tertiary/aromatic N) is 1. The van der Waals surface area contributed by atoms with Crippen LogP contribution < -0.4 is 10.5 Å². The summed E-state index contributed by atoms with van der Waals surface area (Å²) in [6.07, 6.45) is 4.96. The van der Waals surface area contributed by atoms with Crippen LogP contribution in [0.3, 0.4) is 0 Å². The van der Waals surface area contributed by atoms with E-state index in [0.717, 1.165) is 5.56 Å². The molecule has 0 amide bonds. The smallest absolute Gasteiger partial charge is 0.212 e. The Morgan fingerprint density at radius 3 is 2.67 bits per heavy atom. The maximum Gasteiger partial charge on any atom is 0.212 e. The van der Waals surface area contributed by atoms with Crippen LogP contribution in [0.5, 0.6) is 5.88 Å². The molecule has 0 spiro atoms. The van der Waals surface area contributed by atoms with E-state index < -0.39 is 9.84 Å². The zero-order valence-electron chi connectivity index (χ0n) is 10.8. The van der Waals surface area contributed by atoms with Crippen LogP contribution in [0, 0.1) is 0 Å². The second-order valence-electron chi connectivity index (χ2n) is 4.45. The summed E-state index contributed by atoms with van der Waals surface area (Å²) in [5.74, 6) is 0.770. The fourth-order valence-electron chi connectivity index (χ4n) is 1.66. The minimum absolute atomic E-state index is 0.0399. The van der Waals surface area contributed by atoms with Crippen molar-refractivity contribution in [2.75, 3.05) is 19.1 Å². The van der Waals surface area contributed by atoms with Crippen molar-refractivity contribution in [2.24, 2.45) is 5.73 Å². The zero-order chi connectivity index (χ0) is 13.6. The average Bonchev–Trinajstić information content (AvgIpc) is 2.28. The molecule has 18 heavy (non-hydrogen) atoms. The maximum absolute atomic E-state index is 11.0. The van der Waals surface area contributed by atoms with Gasteiger partial charge in [0, 0.05) is 30.3 Å². The van der Waals surface area contributed by atoms with E-state index >= 15 is 0 Å². The highest BCUT2D eigenvalue weighted by molar-refractivity contribution is 7.90. The molecule has 1 atom stereocenters. The first-order valence-electron chi connectivity index (χ1n) is 5.83. The summed E-state index contributed by atoms with van der Waals surface area (Å²) < 4.78 is 26.9. The Kier molecular flexibility index (Phi) is 5.55. The molecule has 1 aromatic heterocycles. The van der Waals surface area contributed by atoms with Crippen molar-refractivity contribution in [2.45, 2.75) is 25.3 Å². The first-order valence-corrected chi connectivity index (χ1v) is 7.89. The second-order valence-corrected chi connectivity index (χ2v) is 6.70. The average molecular weight is 272 g/mol. The van der Waals surface area contributed by atoms with E-state index in [0.29, 0.717) is 25.1 Å². The minimum Gasteiger partial charge on any atom is -0.481 e. The van der Waals surface area contributed by atoms with Crippen LogP contribution >= 0.6 is 0 Å². The topological polar surface area (TPSA) is 82.3 Å². The number of nitrogens with two attached hydrogens (primary N) is 1. The first kappa shape index (κ1) is 14.9. The lowest BCUT2D eigenvalue weighted by Crippen LogP contribution is -2.23. The summed E-state index contributed by atoms with van der Waals surface area (Å²) in [6.45, 7) is 0. The quantitative estimate of drug-likeness (QED) is 0.793. The van der Waals surface area contributed by atoms with Crippen LogP contribution in [0.25, 0.3) is 0 Å². The highest BCUT2D eigenvalue weighted by atomic mass is 32.2. The highest BCUT2D eigenvalue weighted by Gasteiger charge is 2.07. The van der Waals surface area contributed by atoms with Gasteiger partial charge in [0.15, 0.2) is 0 Å². The molecule has 0 fully saturated rings. The van der Waals surface area contributed by atoms with Crippen LogP contribution in [0.2, 0.25) is 0 Å². The molecule has 0 saturated heterocycles. The molecule has 0 aromatic carbocycles. The number of ether oxygens (including phenoxy) is 1. The number of sulfone groups is 1. The number of rotatable bonds is 7. The van der Waals surface area contributed by atoms with E-state index in [2.05, 4.69) is 4.98 Å². The Morgan fingerprint density at radius 2 is 2.17 bits per heavy atom. The van der Waals surface area contributed by atoms with Crippen molar-refractivity contribution in [1.29, 1.82) is 0 Å². The summed E-state index contributed by atoms with van der Waals surface area (Å²) in [5.41, 5.74) is 6.98. The molecule has 5 nitrogen and oxygen atoms in total. The third-order valence-electron chi connectivity index (χ3n) is 2.59. The van der Waals surface area contributed by atoms with Crippen molar-refractivity contribution in [3.05, 3.63) is 23.9 Å². The normalized spacial score (nSPS) is 13.3. The Bertz CT molecular complexity index is 457. The van der Waals surface area contributed by atoms with E-state index in [-0.39, 0.29) is 11.8 Å². The number of aromatic nitrogens is 1. The van der Waals surface area contributed by atoms with E-state index in [9.17, 15) is 8.42 Å². The van der Waals surface area contributed by atoms with Crippen LogP contribution in [0.4, 0.5) is 0 Å². The predicted molar refractivity (Wildman–Crippen MR) is 71.4 cm³/mol. The van der Waals surface area contributed by atoms with Crippen molar-refractivity contribution in [1.82, 2.24) is 4.98 Å². The van der Waals surface area contributed by atoms with Crippen LogP contribution in [0.15, 0.2) is 18.3 Å². The molecule has 1 rings (SSSR count). The fourth-order valence-corrected chi connectivity index (χ4v) is 2.36. The van der Waals surface area contributed by atoms with Gasteiger partial charge in [0.25, 0.3) is 0 Å². The van der Waals surface area contributed by atoms with Crippen molar-refractivity contribution in [3.8, 4) is 5.88 Å². The van der Waals surface area contributed by atoms with Gasteiger partial charge in [-0.15, -0.1) is 0 Å². The van der Waals surface area contributed by atoms with Crippen LogP contribution in [0.1, 0.15) is 18.4 Å². The molecule has 6 heteroatoms. The third-order valence-corrected chi connectivity index (χ3v) is 3.62. The third kappa shape index (κ3) is 5.97. The molecule has 1 unspecified atom stereocenters. The lowest BCUT2D eigenvalue weighted by atomic mass is 10.0. The van der Waals surface area contributed by atoms with E-state index in [1.165, 1.54) is 6.26 Å². The molecule has 0 aliphatic heterocycles. The number of hydrogen-bond donors (Lipinski definition) is 1. The molecule has 0 radical (unpaired) electrons. The number of hydrogen-bond acceptors (Lipinski definition) is 5. The lowest BCUT2D eigenvalue weighted by molar-refractivity contribution is 0.397. The molecule has 0 bridgehead atoms. The number of pyridine rings is 1. The maximum atomic E-state index is 11.0. The molecule has 1 aromatic rings. The largest absolute Gasteiger partial charge is 0.481 e. The molecule has 102 valence electrons. The summed E-state index contributed by atoms with van der Waals surface area (Å²) >= 11 is 0. The second kappa shape index (κ2) is 6.70. The summed E-state index contributed by atoms with van der Waals surface area (Å²) in [4.78, 5) is 4.10. The van der Waals surface area contributed by atoms with E-state index in [4.69, 9.17) is 10.5 Å². The van der Waals surface area contributed by atoms with Crippen molar-refractivity contribution >= 4 is 9.84 Å². The molecular weight excluding hydrogens is 252 g/mol. The van der Waals surface area contributed by atoms with Gasteiger partial charge in [-0.3, -0.25) is 0 Å². The van der Waals surface area contributed by atoms with Gasteiger partial charge in [0.1, 0.15) is 9.84 Å². The zero-order valence-corrected chi connectivity index (χ0v) is 11.6. The monoisotopic (exact) mass is 272 g/mol. The van der Waals surface area contributed by atoms with Gasteiger partial charge >= 0.3 is 0 Å². The summed E-state index contributed by atoms with van der Waals surface area (Å²) in [5, 5.41) is 0. The first-order chi connectivity index (χ1) is 8.40. The van der Waals surface area contributed by atoms with Crippen LogP contribution in [-0.4, -0.2) is 38.6 Å². The Balaban J connectivity index is 2.37. The van der Waals surface area contributed by atoms with Gasteiger partial charge in [-0.2, -0.15) is 0 Å². The van der Waals surface area contributed by atoms with Crippen molar-refractivity contribution < 1.29 is 13.2 Å². The molecule has 0 aliphatic carbocycles. The molecule has 1 heterocycles. The standard InChI is InChI=1S/C12H20N2O3S/c1-17-12-6-5-10(9-14-12)8-11(13)4-3-7-18(2,15)16/h5-6,9,11H,3-4,7-8,13H2,1-2H3. The van der Waals surface area contributed by atoms with Gasteiger partial charge in [-0.05, 0) is 24.8 Å². The summed E-state index contributed by atoms with van der Waals surface area (Å²) in [7, 11) is -1.32. The van der Waals surface area contributed by atoms with Gasteiger partial charge in [0.05, 0.1) is 7.11 Å². The van der Waals surface area contributed by atoms with Gasteiger partial charge in [-0.1, -0.05) is 6.07 Å². The minimum atomic E-state index is -2.89. The Hall–Kier alpha value is -1.14. The SMILES string of the molecule is COc1ccc(CC(N)CCCS(C)(=O)=O)cn1. The van der Waals surface area contributed by atoms with Gasteiger partial charge < -0.3 is 10.5 Å². The van der Waals surface area contributed by atoms with Crippen molar-refractivity contribution in [3.63, 3.8) is 0 Å². The molecule has 2 N–H and O–H groups in total. The number of methoxy groups -OCH3 is 1. The van der Waals surface area contributed by atoms with E-state index in [1.54, 1.807) is 19.4 Å². The Morgan fingerprint density at radius 1 is 1.44 bits per heavy atom. The van der Waals surface area contributed by atoms with E-state index in [1.807, 2.05) is 6.07 Å². The Labute approximate surface area is 108 Å². The molecule has 0 saturated carbocycles. The fraction of sp³-hybridized carbons (Fsp3) is 0.583. The lowest BCUT2D eigenvalue weighted by Gasteiger charge is -2.11.